The van der Waals surface area contributed by atoms with Gasteiger partial charge in [0, 0.05) is 11.9 Å². The molecule has 2 aromatic rings. The van der Waals surface area contributed by atoms with Gasteiger partial charge in [0.1, 0.15) is 10.7 Å². The van der Waals surface area contributed by atoms with Gasteiger partial charge in [0.25, 0.3) is 0 Å². The van der Waals surface area contributed by atoms with E-state index < -0.39 is 0 Å². The molecule has 0 N–H and O–H groups in total. The molecule has 0 aliphatic rings. The molecule has 0 saturated carbocycles. The van der Waals surface area contributed by atoms with Crippen LogP contribution in [0.15, 0.2) is 18.2 Å². The third-order valence-electron chi connectivity index (χ3n) is 1.96. The van der Waals surface area contributed by atoms with E-state index in [1.807, 2.05) is 25.1 Å². The van der Waals surface area contributed by atoms with E-state index in [0.717, 1.165) is 17.4 Å². The number of benzene rings is 1. The molecule has 0 fully saturated rings. The maximum absolute atomic E-state index is 6.07. The molecule has 2 nitrogen and oxygen atoms in total. The fourth-order valence-corrected chi connectivity index (χ4v) is 1.82. The lowest BCUT2D eigenvalue weighted by Gasteiger charge is -1.93. The zero-order valence-corrected chi connectivity index (χ0v) is 8.60. The van der Waals surface area contributed by atoms with Crippen molar-refractivity contribution < 1.29 is 0 Å². The molecule has 68 valence electrons. The second-order valence-electron chi connectivity index (χ2n) is 2.74. The maximum atomic E-state index is 6.07. The van der Waals surface area contributed by atoms with Crippen LogP contribution in [0.4, 0.5) is 0 Å². The summed E-state index contributed by atoms with van der Waals surface area (Å²) in [6.07, 6.45) is 0. The minimum atomic E-state index is 0.645. The van der Waals surface area contributed by atoms with Gasteiger partial charge in [-0.05, 0) is 19.1 Å². The summed E-state index contributed by atoms with van der Waals surface area (Å²) in [6, 6.07) is 5.61. The Morgan fingerprint density at radius 3 is 2.77 bits per heavy atom. The number of halogens is 2. The van der Waals surface area contributed by atoms with Gasteiger partial charge in [-0.25, -0.2) is 0 Å². The average Bonchev–Trinajstić information content (AvgIpc) is 2.45. The lowest BCUT2D eigenvalue weighted by Crippen LogP contribution is -1.94. The molecule has 0 radical (unpaired) electrons. The number of nitrogens with zero attached hydrogens (tertiary/aromatic N) is 2. The SMILES string of the molecule is CCn1nc2c(Cl)cccc2c1Cl. The number of hydrogen-bond acceptors (Lipinski definition) is 1. The van der Waals surface area contributed by atoms with Gasteiger partial charge in [0.2, 0.25) is 0 Å². The Morgan fingerprint density at radius 1 is 1.38 bits per heavy atom. The maximum Gasteiger partial charge on any atom is 0.134 e. The summed E-state index contributed by atoms with van der Waals surface area (Å²) in [7, 11) is 0. The summed E-state index contributed by atoms with van der Waals surface area (Å²) in [5.74, 6) is 0. The quantitative estimate of drug-likeness (QED) is 0.713. The zero-order valence-electron chi connectivity index (χ0n) is 7.09. The third-order valence-corrected chi connectivity index (χ3v) is 2.66. The van der Waals surface area contributed by atoms with Crippen LogP contribution in [0, 0.1) is 0 Å². The van der Waals surface area contributed by atoms with E-state index in [4.69, 9.17) is 23.2 Å². The van der Waals surface area contributed by atoms with Crippen molar-refractivity contribution in [2.45, 2.75) is 13.5 Å². The summed E-state index contributed by atoms with van der Waals surface area (Å²) >= 11 is 12.0. The first kappa shape index (κ1) is 8.85. The molecular formula is C9H8Cl2N2. The van der Waals surface area contributed by atoms with Crippen molar-refractivity contribution in [1.82, 2.24) is 9.78 Å². The van der Waals surface area contributed by atoms with Gasteiger partial charge >= 0.3 is 0 Å². The number of aromatic nitrogens is 2. The van der Waals surface area contributed by atoms with Gasteiger partial charge < -0.3 is 0 Å². The second-order valence-corrected chi connectivity index (χ2v) is 3.51. The van der Waals surface area contributed by atoms with Gasteiger partial charge in [-0.2, -0.15) is 5.10 Å². The fraction of sp³-hybridized carbons (Fsp3) is 0.222. The van der Waals surface area contributed by atoms with E-state index in [1.165, 1.54) is 0 Å². The number of fused-ring (bicyclic) bond motifs is 1. The smallest absolute Gasteiger partial charge is 0.134 e. The first-order chi connectivity index (χ1) is 6.24. The summed E-state index contributed by atoms with van der Waals surface area (Å²) in [5, 5.41) is 6.49. The molecule has 0 aliphatic carbocycles. The minimum Gasteiger partial charge on any atom is -0.253 e. The van der Waals surface area contributed by atoms with Crippen LogP contribution in [-0.2, 0) is 6.54 Å². The summed E-state index contributed by atoms with van der Waals surface area (Å²) < 4.78 is 1.73. The normalized spacial score (nSPS) is 11.0. The number of hydrogen-bond donors (Lipinski definition) is 0. The topological polar surface area (TPSA) is 17.8 Å². The highest BCUT2D eigenvalue weighted by molar-refractivity contribution is 6.38. The van der Waals surface area contributed by atoms with Crippen LogP contribution < -0.4 is 0 Å². The molecule has 1 heterocycles. The van der Waals surface area contributed by atoms with Gasteiger partial charge in [-0.15, -0.1) is 0 Å². The molecular weight excluding hydrogens is 207 g/mol. The lowest BCUT2D eigenvalue weighted by molar-refractivity contribution is 0.669. The number of aryl methyl sites for hydroxylation is 1. The molecule has 0 unspecified atom stereocenters. The zero-order chi connectivity index (χ0) is 9.42. The molecule has 0 bridgehead atoms. The van der Waals surface area contributed by atoms with Crippen LogP contribution in [0.25, 0.3) is 10.9 Å². The Hall–Kier alpha value is -0.730. The van der Waals surface area contributed by atoms with Gasteiger partial charge in [0.05, 0.1) is 5.02 Å². The third kappa shape index (κ3) is 1.30. The Balaban J connectivity index is 2.83. The van der Waals surface area contributed by atoms with Gasteiger partial charge in [-0.3, -0.25) is 4.68 Å². The van der Waals surface area contributed by atoms with Crippen molar-refractivity contribution in [2.24, 2.45) is 0 Å². The van der Waals surface area contributed by atoms with E-state index in [-0.39, 0.29) is 0 Å². The highest BCUT2D eigenvalue weighted by Crippen LogP contribution is 2.28. The van der Waals surface area contributed by atoms with Gasteiger partial charge in [0.15, 0.2) is 0 Å². The Labute approximate surface area is 86.1 Å². The predicted octanol–water partition coefficient (Wildman–Crippen LogP) is 3.36. The monoisotopic (exact) mass is 214 g/mol. The summed E-state index contributed by atoms with van der Waals surface area (Å²) in [4.78, 5) is 0. The van der Waals surface area contributed by atoms with E-state index in [2.05, 4.69) is 5.10 Å². The van der Waals surface area contributed by atoms with E-state index in [0.29, 0.717) is 10.2 Å². The molecule has 4 heteroatoms. The van der Waals surface area contributed by atoms with Crippen LogP contribution >= 0.6 is 23.2 Å². The van der Waals surface area contributed by atoms with Crippen LogP contribution in [0.2, 0.25) is 10.2 Å². The molecule has 0 amide bonds. The summed E-state index contributed by atoms with van der Waals surface area (Å²) in [5.41, 5.74) is 0.774. The minimum absolute atomic E-state index is 0.645. The highest BCUT2D eigenvalue weighted by atomic mass is 35.5. The molecule has 0 aliphatic heterocycles. The fourth-order valence-electron chi connectivity index (χ4n) is 1.30. The van der Waals surface area contributed by atoms with Crippen molar-refractivity contribution in [2.75, 3.05) is 0 Å². The Morgan fingerprint density at radius 2 is 2.15 bits per heavy atom. The molecule has 2 rings (SSSR count). The van der Waals surface area contributed by atoms with Crippen molar-refractivity contribution in [3.05, 3.63) is 28.4 Å². The first-order valence-corrected chi connectivity index (χ1v) is 4.80. The van der Waals surface area contributed by atoms with Crippen LogP contribution in [-0.4, -0.2) is 9.78 Å². The lowest BCUT2D eigenvalue weighted by atomic mass is 10.3. The van der Waals surface area contributed by atoms with Crippen LogP contribution in [0.5, 0.6) is 0 Å². The van der Waals surface area contributed by atoms with Crippen molar-refractivity contribution in [3.8, 4) is 0 Å². The van der Waals surface area contributed by atoms with Crippen molar-refractivity contribution >= 4 is 34.1 Å². The average molecular weight is 215 g/mol. The van der Waals surface area contributed by atoms with Crippen LogP contribution in [0.1, 0.15) is 6.92 Å². The van der Waals surface area contributed by atoms with Crippen molar-refractivity contribution in [3.63, 3.8) is 0 Å². The molecule has 1 aromatic carbocycles. The van der Waals surface area contributed by atoms with E-state index in [9.17, 15) is 0 Å². The largest absolute Gasteiger partial charge is 0.253 e. The van der Waals surface area contributed by atoms with E-state index in [1.54, 1.807) is 4.68 Å². The number of rotatable bonds is 1. The second kappa shape index (κ2) is 3.20. The molecule has 0 spiro atoms. The first-order valence-electron chi connectivity index (χ1n) is 4.04. The highest BCUT2D eigenvalue weighted by Gasteiger charge is 2.09. The molecule has 13 heavy (non-hydrogen) atoms. The van der Waals surface area contributed by atoms with E-state index >= 15 is 0 Å². The molecule has 0 atom stereocenters. The predicted molar refractivity (Wildman–Crippen MR) is 55.4 cm³/mol. The molecule has 0 saturated heterocycles. The standard InChI is InChI=1S/C9H8Cl2N2/c1-2-13-9(11)6-4-3-5-7(10)8(6)12-13/h3-5H,2H2,1H3. The molecule has 1 aromatic heterocycles. The Kier molecular flexibility index (Phi) is 2.18. The van der Waals surface area contributed by atoms with Gasteiger partial charge in [-0.1, -0.05) is 29.3 Å². The van der Waals surface area contributed by atoms with Crippen LogP contribution in [0.3, 0.4) is 0 Å². The van der Waals surface area contributed by atoms with Crippen molar-refractivity contribution in [1.29, 1.82) is 0 Å². The summed E-state index contributed by atoms with van der Waals surface area (Å²) in [6.45, 7) is 2.75. The Bertz CT molecular complexity index is 448.